The molecule has 0 aliphatic heterocycles. The zero-order valence-corrected chi connectivity index (χ0v) is 12.2. The second kappa shape index (κ2) is 5.84. The molecular weight excluding hydrogens is 329 g/mol. The number of hydrogen-bond donors (Lipinski definition) is 1. The van der Waals surface area contributed by atoms with Gasteiger partial charge in [-0.2, -0.15) is 22.9 Å². The molecular formula is C14H9F3N4OS. The van der Waals surface area contributed by atoms with E-state index < -0.39 is 11.7 Å². The first-order valence-electron chi connectivity index (χ1n) is 6.38. The van der Waals surface area contributed by atoms with Gasteiger partial charge in [0.15, 0.2) is 5.76 Å². The van der Waals surface area contributed by atoms with Crippen LogP contribution in [0.5, 0.6) is 0 Å². The van der Waals surface area contributed by atoms with Crippen molar-refractivity contribution in [1.29, 1.82) is 0 Å². The van der Waals surface area contributed by atoms with E-state index >= 15 is 0 Å². The highest BCUT2D eigenvalue weighted by Crippen LogP contribution is 2.28. The molecule has 0 amide bonds. The Balaban J connectivity index is 1.89. The maximum atomic E-state index is 12.5. The standard InChI is InChI=1S/C14H9F3N4OS/c15-14(16,17)10-5-3-9(4-6-10)8-18-21-12(19-20-13(21)23)11-2-1-7-22-11/h1-8H,(H,20,23)/b18-8+. The van der Waals surface area contributed by atoms with Crippen LogP contribution in [0.25, 0.3) is 11.6 Å². The Morgan fingerprint density at radius 1 is 1.22 bits per heavy atom. The van der Waals surface area contributed by atoms with Gasteiger partial charge in [-0.15, -0.1) is 5.10 Å². The van der Waals surface area contributed by atoms with Crippen molar-refractivity contribution in [3.05, 3.63) is 58.6 Å². The molecule has 0 fully saturated rings. The number of hydrogen-bond acceptors (Lipinski definition) is 4. The first-order valence-corrected chi connectivity index (χ1v) is 6.79. The molecule has 0 unspecified atom stereocenters. The van der Waals surface area contributed by atoms with Crippen LogP contribution in [-0.2, 0) is 6.18 Å². The minimum Gasteiger partial charge on any atom is -0.461 e. The molecule has 0 aliphatic rings. The summed E-state index contributed by atoms with van der Waals surface area (Å²) in [6.07, 6.45) is -1.50. The largest absolute Gasteiger partial charge is 0.461 e. The number of furan rings is 1. The zero-order chi connectivity index (χ0) is 16.4. The molecule has 0 aliphatic carbocycles. The fraction of sp³-hybridized carbons (Fsp3) is 0.0714. The lowest BCUT2D eigenvalue weighted by molar-refractivity contribution is -0.137. The normalized spacial score (nSPS) is 12.1. The molecule has 5 nitrogen and oxygen atoms in total. The maximum absolute atomic E-state index is 12.5. The molecule has 2 aromatic heterocycles. The smallest absolute Gasteiger partial charge is 0.416 e. The van der Waals surface area contributed by atoms with Crippen LogP contribution in [0.1, 0.15) is 11.1 Å². The number of rotatable bonds is 3. The summed E-state index contributed by atoms with van der Waals surface area (Å²) in [4.78, 5) is 0. The first-order chi connectivity index (χ1) is 10.9. The fourth-order valence-electron chi connectivity index (χ4n) is 1.85. The van der Waals surface area contributed by atoms with E-state index in [4.69, 9.17) is 16.6 Å². The summed E-state index contributed by atoms with van der Waals surface area (Å²) in [7, 11) is 0. The second-order valence-corrected chi connectivity index (χ2v) is 4.89. The molecule has 3 aromatic rings. The van der Waals surface area contributed by atoms with Crippen LogP contribution >= 0.6 is 12.2 Å². The van der Waals surface area contributed by atoms with Gasteiger partial charge in [0, 0.05) is 0 Å². The summed E-state index contributed by atoms with van der Waals surface area (Å²) in [5.74, 6) is 0.824. The van der Waals surface area contributed by atoms with Gasteiger partial charge in [-0.25, -0.2) is 5.10 Å². The highest BCUT2D eigenvalue weighted by Gasteiger charge is 2.29. The summed E-state index contributed by atoms with van der Waals surface area (Å²) in [5, 5.41) is 10.7. The Morgan fingerprint density at radius 3 is 2.57 bits per heavy atom. The van der Waals surface area contributed by atoms with Gasteiger partial charge in [-0.05, 0) is 42.0 Å². The van der Waals surface area contributed by atoms with Gasteiger partial charge in [0.1, 0.15) is 0 Å². The highest BCUT2D eigenvalue weighted by molar-refractivity contribution is 7.71. The fourth-order valence-corrected chi connectivity index (χ4v) is 2.03. The predicted molar refractivity (Wildman–Crippen MR) is 79.5 cm³/mol. The van der Waals surface area contributed by atoms with Gasteiger partial charge >= 0.3 is 6.18 Å². The van der Waals surface area contributed by atoms with Crippen molar-refractivity contribution < 1.29 is 17.6 Å². The Hall–Kier alpha value is -2.68. The van der Waals surface area contributed by atoms with E-state index in [9.17, 15) is 13.2 Å². The number of aromatic amines is 1. The summed E-state index contributed by atoms with van der Waals surface area (Å²) in [5.41, 5.74) is -0.225. The molecule has 0 spiro atoms. The Kier molecular flexibility index (Phi) is 3.87. The number of alkyl halides is 3. The molecule has 0 saturated heterocycles. The maximum Gasteiger partial charge on any atom is 0.416 e. The lowest BCUT2D eigenvalue weighted by atomic mass is 10.1. The van der Waals surface area contributed by atoms with E-state index in [0.29, 0.717) is 17.1 Å². The van der Waals surface area contributed by atoms with Gasteiger partial charge in [0.05, 0.1) is 18.0 Å². The van der Waals surface area contributed by atoms with Crippen LogP contribution in [0.3, 0.4) is 0 Å². The molecule has 0 radical (unpaired) electrons. The van der Waals surface area contributed by atoms with Crippen LogP contribution in [0.15, 0.2) is 52.2 Å². The molecule has 0 atom stereocenters. The number of H-pyrrole nitrogens is 1. The molecule has 0 bridgehead atoms. The molecule has 118 valence electrons. The van der Waals surface area contributed by atoms with Crippen LogP contribution in [0.2, 0.25) is 0 Å². The van der Waals surface area contributed by atoms with E-state index in [0.717, 1.165) is 12.1 Å². The van der Waals surface area contributed by atoms with Gasteiger partial charge in [0.25, 0.3) is 0 Å². The molecule has 2 heterocycles. The summed E-state index contributed by atoms with van der Waals surface area (Å²) >= 11 is 5.07. The molecule has 23 heavy (non-hydrogen) atoms. The third-order valence-corrected chi connectivity index (χ3v) is 3.22. The van der Waals surface area contributed by atoms with E-state index in [1.54, 1.807) is 12.1 Å². The van der Waals surface area contributed by atoms with Gasteiger partial charge in [-0.1, -0.05) is 12.1 Å². The van der Waals surface area contributed by atoms with E-state index in [1.807, 2.05) is 0 Å². The number of halogens is 3. The average Bonchev–Trinajstić information content (AvgIpc) is 3.14. The molecule has 9 heteroatoms. The third kappa shape index (κ3) is 3.24. The van der Waals surface area contributed by atoms with Crippen LogP contribution in [0.4, 0.5) is 13.2 Å². The summed E-state index contributed by atoms with van der Waals surface area (Å²) in [6.45, 7) is 0. The van der Waals surface area contributed by atoms with E-state index in [1.165, 1.54) is 29.3 Å². The Morgan fingerprint density at radius 2 is 1.96 bits per heavy atom. The summed E-state index contributed by atoms with van der Waals surface area (Å²) in [6, 6.07) is 8.00. The van der Waals surface area contributed by atoms with Crippen molar-refractivity contribution in [3.63, 3.8) is 0 Å². The Labute approximate surface area is 133 Å². The monoisotopic (exact) mass is 338 g/mol. The minimum absolute atomic E-state index is 0.236. The number of benzene rings is 1. The second-order valence-electron chi connectivity index (χ2n) is 4.51. The average molecular weight is 338 g/mol. The first kappa shape index (κ1) is 15.2. The van der Waals surface area contributed by atoms with Crippen LogP contribution in [0, 0.1) is 4.77 Å². The van der Waals surface area contributed by atoms with Crippen molar-refractivity contribution >= 4 is 18.4 Å². The van der Waals surface area contributed by atoms with Gasteiger partial charge in [0.2, 0.25) is 10.6 Å². The van der Waals surface area contributed by atoms with Crippen molar-refractivity contribution in [2.45, 2.75) is 6.18 Å². The van der Waals surface area contributed by atoms with Crippen LogP contribution < -0.4 is 0 Å². The SMILES string of the molecule is FC(F)(F)c1ccc(/C=N/n2c(-c3ccco3)n[nH]c2=S)cc1. The number of nitrogens with one attached hydrogen (secondary N) is 1. The highest BCUT2D eigenvalue weighted by atomic mass is 32.1. The lowest BCUT2D eigenvalue weighted by Crippen LogP contribution is -2.04. The van der Waals surface area contributed by atoms with Gasteiger partial charge in [-0.3, -0.25) is 0 Å². The van der Waals surface area contributed by atoms with Crippen molar-refractivity contribution in [3.8, 4) is 11.6 Å². The quantitative estimate of drug-likeness (QED) is 0.578. The van der Waals surface area contributed by atoms with Gasteiger partial charge < -0.3 is 4.42 Å². The molecule has 3 rings (SSSR count). The van der Waals surface area contributed by atoms with Crippen molar-refractivity contribution in [2.75, 3.05) is 0 Å². The van der Waals surface area contributed by atoms with Crippen molar-refractivity contribution in [2.24, 2.45) is 5.10 Å². The lowest BCUT2D eigenvalue weighted by Gasteiger charge is -2.05. The molecule has 1 N–H and O–H groups in total. The number of nitrogens with zero attached hydrogens (tertiary/aromatic N) is 3. The molecule has 1 aromatic carbocycles. The van der Waals surface area contributed by atoms with E-state index in [-0.39, 0.29) is 4.77 Å². The van der Waals surface area contributed by atoms with E-state index in [2.05, 4.69) is 15.3 Å². The Bertz CT molecular complexity index is 876. The van der Waals surface area contributed by atoms with Crippen molar-refractivity contribution in [1.82, 2.24) is 14.9 Å². The number of aromatic nitrogens is 3. The van der Waals surface area contributed by atoms with Crippen LogP contribution in [-0.4, -0.2) is 21.1 Å². The zero-order valence-electron chi connectivity index (χ0n) is 11.4. The third-order valence-electron chi connectivity index (χ3n) is 2.95. The predicted octanol–water partition coefficient (Wildman–Crippen LogP) is 4.10. The topological polar surface area (TPSA) is 59.1 Å². The molecule has 0 saturated carbocycles. The summed E-state index contributed by atoms with van der Waals surface area (Å²) < 4.78 is 44.3. The minimum atomic E-state index is -4.37.